The highest BCUT2D eigenvalue weighted by Crippen LogP contribution is 2.46. The molecule has 0 radical (unpaired) electrons. The van der Waals surface area contributed by atoms with E-state index >= 15 is 0 Å². The summed E-state index contributed by atoms with van der Waals surface area (Å²) in [6.45, 7) is 14.3. The maximum atomic E-state index is 12.3. The molecule has 0 saturated carbocycles. The minimum Gasteiger partial charge on any atom is -0.507 e. The van der Waals surface area contributed by atoms with Crippen molar-refractivity contribution in [2.75, 3.05) is 0 Å². The molecule has 0 bridgehead atoms. The van der Waals surface area contributed by atoms with Crippen LogP contribution >= 0.6 is 0 Å². The number of fused-ring (bicyclic) bond motifs is 1. The number of aromatic hydroxyl groups is 1. The van der Waals surface area contributed by atoms with Crippen LogP contribution in [0.1, 0.15) is 55.5 Å². The molecule has 0 saturated heterocycles. The fourth-order valence-corrected chi connectivity index (χ4v) is 3.32. The predicted octanol–water partition coefficient (Wildman–Crippen LogP) is 4.26. The van der Waals surface area contributed by atoms with Crippen LogP contribution in [0.2, 0.25) is 0 Å². The minimum absolute atomic E-state index is 0.0878. The molecule has 0 heterocycles. The Morgan fingerprint density at radius 2 is 1.50 bits per heavy atom. The number of carbonyl (C=O) groups excluding carboxylic acids is 1. The van der Waals surface area contributed by atoms with Crippen molar-refractivity contribution in [2.45, 2.75) is 54.9 Å². The average Bonchev–Trinajstić information content (AvgIpc) is 2.34. The van der Waals surface area contributed by atoms with Crippen molar-refractivity contribution in [1.29, 1.82) is 0 Å². The Hall–Kier alpha value is -1.57. The van der Waals surface area contributed by atoms with Crippen molar-refractivity contribution in [3.63, 3.8) is 0 Å². The maximum Gasteiger partial charge on any atom is 0.163 e. The van der Waals surface area contributed by atoms with Gasteiger partial charge in [-0.3, -0.25) is 4.79 Å². The van der Waals surface area contributed by atoms with E-state index in [2.05, 4.69) is 20.8 Å². The van der Waals surface area contributed by atoms with Crippen molar-refractivity contribution in [3.05, 3.63) is 33.4 Å². The average molecular weight is 272 g/mol. The first-order chi connectivity index (χ1) is 9.07. The van der Waals surface area contributed by atoms with Gasteiger partial charge in [0.25, 0.3) is 0 Å². The normalized spacial score (nSPS) is 15.7. The number of allylic oxidation sites excluding steroid dienone is 2. The molecule has 1 aliphatic carbocycles. The SMILES string of the molecule is CC1=C(C(C)(C)C)c2c(C)c(C)c(O)c(C)c2CC1=O. The number of Topliss-reactive ketones (excluding diaryl/α,β-unsaturated/α-hetero) is 1. The number of phenols is 1. The third-order valence-corrected chi connectivity index (χ3v) is 4.53. The van der Waals surface area contributed by atoms with Crippen LogP contribution in [-0.4, -0.2) is 10.9 Å². The van der Waals surface area contributed by atoms with Gasteiger partial charge in [0.2, 0.25) is 0 Å². The minimum atomic E-state index is -0.0878. The van der Waals surface area contributed by atoms with Gasteiger partial charge in [-0.05, 0) is 72.1 Å². The lowest BCUT2D eigenvalue weighted by Crippen LogP contribution is -2.23. The highest BCUT2D eigenvalue weighted by atomic mass is 16.3. The molecule has 2 heteroatoms. The summed E-state index contributed by atoms with van der Waals surface area (Å²) in [6, 6.07) is 0. The molecular formula is C18H24O2. The van der Waals surface area contributed by atoms with Gasteiger partial charge in [-0.25, -0.2) is 0 Å². The third-order valence-electron chi connectivity index (χ3n) is 4.53. The monoisotopic (exact) mass is 272 g/mol. The Morgan fingerprint density at radius 1 is 0.950 bits per heavy atom. The fraction of sp³-hybridized carbons (Fsp3) is 0.500. The van der Waals surface area contributed by atoms with Crippen molar-refractivity contribution in [2.24, 2.45) is 5.41 Å². The highest BCUT2D eigenvalue weighted by Gasteiger charge is 2.33. The summed E-state index contributed by atoms with van der Waals surface area (Å²) in [5.41, 5.74) is 6.98. The van der Waals surface area contributed by atoms with Gasteiger partial charge in [0.05, 0.1) is 0 Å². The van der Waals surface area contributed by atoms with Gasteiger partial charge in [0.15, 0.2) is 5.78 Å². The molecule has 1 N–H and O–H groups in total. The first-order valence-electron chi connectivity index (χ1n) is 7.13. The standard InChI is InChI=1S/C18H24O2/c1-9-10(2)17(20)11(3)13-8-14(19)12(4)16(15(9)13)18(5,6)7/h20H,8H2,1-7H3. The van der Waals surface area contributed by atoms with Gasteiger partial charge in [-0.2, -0.15) is 0 Å². The topological polar surface area (TPSA) is 37.3 Å². The Kier molecular flexibility index (Phi) is 3.32. The predicted molar refractivity (Wildman–Crippen MR) is 83.1 cm³/mol. The van der Waals surface area contributed by atoms with E-state index in [1.807, 2.05) is 27.7 Å². The number of benzene rings is 1. The van der Waals surface area contributed by atoms with Gasteiger partial charge in [0.1, 0.15) is 5.75 Å². The zero-order chi connectivity index (χ0) is 15.4. The van der Waals surface area contributed by atoms with Gasteiger partial charge < -0.3 is 5.11 Å². The van der Waals surface area contributed by atoms with Gasteiger partial charge in [-0.1, -0.05) is 20.8 Å². The summed E-state index contributed by atoms with van der Waals surface area (Å²) in [4.78, 5) is 12.3. The number of rotatable bonds is 0. The van der Waals surface area contributed by atoms with Crippen LogP contribution in [0.3, 0.4) is 0 Å². The van der Waals surface area contributed by atoms with Crippen molar-refractivity contribution in [3.8, 4) is 5.75 Å². The molecule has 1 aromatic rings. The van der Waals surface area contributed by atoms with E-state index < -0.39 is 0 Å². The highest BCUT2D eigenvalue weighted by molar-refractivity contribution is 6.08. The summed E-state index contributed by atoms with van der Waals surface area (Å²) < 4.78 is 0. The van der Waals surface area contributed by atoms with Crippen LogP contribution in [-0.2, 0) is 11.2 Å². The number of hydrogen-bond acceptors (Lipinski definition) is 2. The maximum absolute atomic E-state index is 12.3. The van der Waals surface area contributed by atoms with Crippen molar-refractivity contribution < 1.29 is 9.90 Å². The van der Waals surface area contributed by atoms with E-state index in [1.165, 1.54) is 5.56 Å². The summed E-state index contributed by atoms with van der Waals surface area (Å²) in [5.74, 6) is 0.509. The Bertz CT molecular complexity index is 641. The molecule has 20 heavy (non-hydrogen) atoms. The summed E-state index contributed by atoms with van der Waals surface area (Å²) in [6.07, 6.45) is 0.404. The molecule has 1 aromatic carbocycles. The molecule has 0 amide bonds. The molecule has 0 aromatic heterocycles. The van der Waals surface area contributed by atoms with E-state index in [4.69, 9.17) is 0 Å². The third kappa shape index (κ3) is 1.98. The van der Waals surface area contributed by atoms with Crippen LogP contribution in [0.15, 0.2) is 5.57 Å². The smallest absolute Gasteiger partial charge is 0.163 e. The van der Waals surface area contributed by atoms with E-state index in [0.29, 0.717) is 12.2 Å². The zero-order valence-electron chi connectivity index (χ0n) is 13.6. The largest absolute Gasteiger partial charge is 0.507 e. The second kappa shape index (κ2) is 4.47. The van der Waals surface area contributed by atoms with Gasteiger partial charge in [0, 0.05) is 6.42 Å². The lowest BCUT2D eigenvalue weighted by Gasteiger charge is -2.33. The summed E-state index contributed by atoms with van der Waals surface area (Å²) in [5, 5.41) is 10.3. The lowest BCUT2D eigenvalue weighted by molar-refractivity contribution is -0.115. The van der Waals surface area contributed by atoms with Crippen molar-refractivity contribution >= 4 is 11.4 Å². The zero-order valence-corrected chi connectivity index (χ0v) is 13.6. The molecule has 108 valence electrons. The Labute approximate surface area is 121 Å². The quantitative estimate of drug-likeness (QED) is 0.766. The van der Waals surface area contributed by atoms with Crippen LogP contribution < -0.4 is 0 Å². The van der Waals surface area contributed by atoms with E-state index in [1.54, 1.807) is 0 Å². The first kappa shape index (κ1) is 14.8. The molecule has 0 unspecified atom stereocenters. The van der Waals surface area contributed by atoms with Crippen LogP contribution in [0.25, 0.3) is 5.57 Å². The molecule has 0 fully saturated rings. The summed E-state index contributed by atoms with van der Waals surface area (Å²) in [7, 11) is 0. The van der Waals surface area contributed by atoms with Crippen LogP contribution in [0.4, 0.5) is 0 Å². The second-order valence-electron chi connectivity index (χ2n) is 6.93. The van der Waals surface area contributed by atoms with E-state index in [-0.39, 0.29) is 11.2 Å². The van der Waals surface area contributed by atoms with Crippen LogP contribution in [0, 0.1) is 26.2 Å². The second-order valence-corrected chi connectivity index (χ2v) is 6.93. The summed E-state index contributed by atoms with van der Waals surface area (Å²) >= 11 is 0. The Balaban J connectivity index is 2.95. The number of ketones is 1. The number of phenolic OH excluding ortho intramolecular Hbond substituents is 1. The van der Waals surface area contributed by atoms with Crippen LogP contribution in [0.5, 0.6) is 5.75 Å². The van der Waals surface area contributed by atoms with Gasteiger partial charge >= 0.3 is 0 Å². The Morgan fingerprint density at radius 3 is 2.00 bits per heavy atom. The molecule has 2 nitrogen and oxygen atoms in total. The number of hydrogen-bond donors (Lipinski definition) is 1. The van der Waals surface area contributed by atoms with E-state index in [9.17, 15) is 9.90 Å². The van der Waals surface area contributed by atoms with Gasteiger partial charge in [-0.15, -0.1) is 0 Å². The number of carbonyl (C=O) groups is 1. The fourth-order valence-electron chi connectivity index (χ4n) is 3.32. The van der Waals surface area contributed by atoms with Crippen molar-refractivity contribution in [1.82, 2.24) is 0 Å². The lowest BCUT2D eigenvalue weighted by atomic mass is 9.70. The molecular weight excluding hydrogens is 248 g/mol. The molecule has 0 spiro atoms. The molecule has 2 rings (SSSR count). The molecule has 1 aliphatic rings. The molecule has 0 aliphatic heterocycles. The molecule has 0 atom stereocenters. The first-order valence-corrected chi connectivity index (χ1v) is 7.13. The van der Waals surface area contributed by atoms with E-state index in [0.717, 1.165) is 33.4 Å².